The minimum Gasteiger partial charge on any atom is -0.293 e. The molecule has 0 atom stereocenters. The van der Waals surface area contributed by atoms with Gasteiger partial charge in [0.2, 0.25) is 0 Å². The monoisotopic (exact) mass is 379 g/mol. The number of aryl methyl sites for hydroxylation is 2. The van der Waals surface area contributed by atoms with Crippen LogP contribution in [-0.2, 0) is 0 Å². The van der Waals surface area contributed by atoms with Crippen molar-refractivity contribution >= 4 is 23.2 Å². The van der Waals surface area contributed by atoms with Gasteiger partial charge in [-0.3, -0.25) is 14.9 Å². The Morgan fingerprint density at radius 1 is 1.00 bits per heavy atom. The van der Waals surface area contributed by atoms with E-state index in [1.165, 1.54) is 47.2 Å². The van der Waals surface area contributed by atoms with E-state index in [0.29, 0.717) is 10.6 Å². The Balaban J connectivity index is 1.63. The number of hydrogen-bond acceptors (Lipinski definition) is 6. The predicted octanol–water partition coefficient (Wildman–Crippen LogP) is 4.64. The van der Waals surface area contributed by atoms with Crippen LogP contribution >= 0.6 is 11.8 Å². The van der Waals surface area contributed by atoms with Crippen LogP contribution in [0.25, 0.3) is 11.3 Å². The van der Waals surface area contributed by atoms with Gasteiger partial charge >= 0.3 is 0 Å². The number of nitro groups is 1. The number of hydrogen-bond donors (Lipinski definition) is 0. The zero-order valence-electron chi connectivity index (χ0n) is 14.9. The number of non-ortho nitro benzene ring substituents is 1. The quantitative estimate of drug-likeness (QED) is 0.268. The summed E-state index contributed by atoms with van der Waals surface area (Å²) in [5.41, 5.74) is 4.61. The Morgan fingerprint density at radius 2 is 1.74 bits per heavy atom. The van der Waals surface area contributed by atoms with Crippen molar-refractivity contribution in [1.29, 1.82) is 0 Å². The lowest BCUT2D eigenvalue weighted by atomic mass is 10.0. The average molecular weight is 379 g/mol. The second-order valence-electron chi connectivity index (χ2n) is 6.07. The fourth-order valence-electron chi connectivity index (χ4n) is 2.44. The predicted molar refractivity (Wildman–Crippen MR) is 105 cm³/mol. The van der Waals surface area contributed by atoms with Crippen LogP contribution in [-0.4, -0.2) is 26.7 Å². The van der Waals surface area contributed by atoms with Gasteiger partial charge in [-0.25, -0.2) is 0 Å². The molecule has 0 unspecified atom stereocenters. The highest BCUT2D eigenvalue weighted by molar-refractivity contribution is 7.99. The van der Waals surface area contributed by atoms with E-state index in [4.69, 9.17) is 0 Å². The maximum Gasteiger partial charge on any atom is 0.269 e. The van der Waals surface area contributed by atoms with Crippen molar-refractivity contribution in [2.75, 3.05) is 5.75 Å². The molecule has 0 fully saturated rings. The van der Waals surface area contributed by atoms with Crippen LogP contribution in [0.15, 0.2) is 59.6 Å². The van der Waals surface area contributed by atoms with Gasteiger partial charge in [0.15, 0.2) is 5.78 Å². The summed E-state index contributed by atoms with van der Waals surface area (Å²) >= 11 is 1.29. The SMILES string of the molecule is Cc1ccc(-c2ccc(SCC(=O)c3ccc([N+](=O)[O-])cc3)nn2)cc1C. The molecule has 0 aliphatic carbocycles. The molecule has 0 aliphatic heterocycles. The summed E-state index contributed by atoms with van der Waals surface area (Å²) in [5, 5.41) is 19.7. The Hall–Kier alpha value is -3.06. The zero-order valence-corrected chi connectivity index (χ0v) is 15.7. The molecule has 0 saturated carbocycles. The fraction of sp³-hybridized carbons (Fsp3) is 0.150. The van der Waals surface area contributed by atoms with Crippen molar-refractivity contribution in [1.82, 2.24) is 10.2 Å². The normalized spacial score (nSPS) is 10.6. The van der Waals surface area contributed by atoms with E-state index >= 15 is 0 Å². The van der Waals surface area contributed by atoms with Crippen LogP contribution in [0, 0.1) is 24.0 Å². The molecule has 0 amide bonds. The van der Waals surface area contributed by atoms with Gasteiger partial charge in [-0.15, -0.1) is 10.2 Å². The number of benzene rings is 2. The molecule has 0 N–H and O–H groups in total. The third kappa shape index (κ3) is 4.57. The Kier molecular flexibility index (Phi) is 5.61. The van der Waals surface area contributed by atoms with E-state index in [1.807, 2.05) is 18.2 Å². The molecule has 0 radical (unpaired) electrons. The molecule has 27 heavy (non-hydrogen) atoms. The fourth-order valence-corrected chi connectivity index (χ4v) is 3.15. The molecule has 0 bridgehead atoms. The maximum absolute atomic E-state index is 12.2. The van der Waals surface area contributed by atoms with Crippen LogP contribution in [0.2, 0.25) is 0 Å². The smallest absolute Gasteiger partial charge is 0.269 e. The zero-order chi connectivity index (χ0) is 19.4. The van der Waals surface area contributed by atoms with Gasteiger partial charge in [0.05, 0.1) is 16.4 Å². The number of rotatable bonds is 6. The number of nitrogens with zero attached hydrogens (tertiary/aromatic N) is 3. The average Bonchev–Trinajstić information content (AvgIpc) is 2.68. The van der Waals surface area contributed by atoms with E-state index in [-0.39, 0.29) is 17.2 Å². The number of thioether (sulfide) groups is 1. The van der Waals surface area contributed by atoms with Crippen LogP contribution in [0.1, 0.15) is 21.5 Å². The Bertz CT molecular complexity index is 986. The molecule has 6 nitrogen and oxygen atoms in total. The van der Waals surface area contributed by atoms with Crippen LogP contribution in [0.5, 0.6) is 0 Å². The van der Waals surface area contributed by atoms with Crippen molar-refractivity contribution in [2.24, 2.45) is 0 Å². The molecule has 0 saturated heterocycles. The molecule has 3 rings (SSSR count). The standard InChI is InChI=1S/C20H17N3O3S/c1-13-3-4-16(11-14(13)2)18-9-10-20(22-21-18)27-12-19(24)15-5-7-17(8-6-15)23(25)26/h3-11H,12H2,1-2H3. The number of aromatic nitrogens is 2. The number of Topliss-reactive ketones (excluding diaryl/α,β-unsaturated/α-hetero) is 1. The number of carbonyl (C=O) groups excluding carboxylic acids is 1. The first-order valence-electron chi connectivity index (χ1n) is 8.26. The van der Waals surface area contributed by atoms with Crippen molar-refractivity contribution in [3.8, 4) is 11.3 Å². The highest BCUT2D eigenvalue weighted by Gasteiger charge is 2.11. The van der Waals surface area contributed by atoms with Crippen molar-refractivity contribution in [3.63, 3.8) is 0 Å². The number of carbonyl (C=O) groups is 1. The van der Waals surface area contributed by atoms with Gasteiger partial charge in [0.25, 0.3) is 5.69 Å². The topological polar surface area (TPSA) is 86.0 Å². The molecule has 2 aromatic carbocycles. The summed E-state index contributed by atoms with van der Waals surface area (Å²) in [6, 6.07) is 15.5. The largest absolute Gasteiger partial charge is 0.293 e. The molecule has 3 aromatic rings. The van der Waals surface area contributed by atoms with Crippen molar-refractivity contribution in [2.45, 2.75) is 18.9 Å². The summed E-state index contributed by atoms with van der Waals surface area (Å²) in [5.74, 6) is 0.0742. The third-order valence-electron chi connectivity index (χ3n) is 4.19. The summed E-state index contributed by atoms with van der Waals surface area (Å²) in [7, 11) is 0. The maximum atomic E-state index is 12.2. The minimum absolute atomic E-state index is 0.0352. The molecule has 1 aromatic heterocycles. The van der Waals surface area contributed by atoms with E-state index in [2.05, 4.69) is 36.2 Å². The lowest BCUT2D eigenvalue weighted by molar-refractivity contribution is -0.384. The first-order valence-corrected chi connectivity index (χ1v) is 9.24. The van der Waals surface area contributed by atoms with Gasteiger partial charge in [-0.1, -0.05) is 23.9 Å². The van der Waals surface area contributed by atoms with Gasteiger partial charge in [-0.05, 0) is 55.3 Å². The summed E-state index contributed by atoms with van der Waals surface area (Å²) in [6.45, 7) is 4.12. The highest BCUT2D eigenvalue weighted by atomic mass is 32.2. The second kappa shape index (κ2) is 8.09. The van der Waals surface area contributed by atoms with Crippen molar-refractivity contribution < 1.29 is 9.72 Å². The van der Waals surface area contributed by atoms with Gasteiger partial charge in [0.1, 0.15) is 5.03 Å². The van der Waals surface area contributed by atoms with E-state index < -0.39 is 4.92 Å². The van der Waals surface area contributed by atoms with Gasteiger partial charge in [-0.2, -0.15) is 0 Å². The minimum atomic E-state index is -0.490. The van der Waals surface area contributed by atoms with Crippen LogP contribution < -0.4 is 0 Å². The van der Waals surface area contributed by atoms with Gasteiger partial charge < -0.3 is 0 Å². The van der Waals surface area contributed by atoms with E-state index in [1.54, 1.807) is 0 Å². The molecular formula is C20H17N3O3S. The lowest BCUT2D eigenvalue weighted by Crippen LogP contribution is -2.03. The van der Waals surface area contributed by atoms with Crippen molar-refractivity contribution in [3.05, 3.63) is 81.4 Å². The Morgan fingerprint density at radius 3 is 2.33 bits per heavy atom. The molecular weight excluding hydrogens is 362 g/mol. The van der Waals surface area contributed by atoms with E-state index in [0.717, 1.165) is 11.3 Å². The molecule has 136 valence electrons. The summed E-state index contributed by atoms with van der Waals surface area (Å²) in [4.78, 5) is 22.4. The molecule has 0 aliphatic rings. The third-order valence-corrected chi connectivity index (χ3v) is 5.11. The molecule has 7 heteroatoms. The van der Waals surface area contributed by atoms with Gasteiger partial charge in [0, 0.05) is 23.3 Å². The molecule has 1 heterocycles. The number of nitro benzene ring substituents is 1. The Labute approximate surface area is 160 Å². The molecule has 0 spiro atoms. The van der Waals surface area contributed by atoms with Crippen LogP contribution in [0.3, 0.4) is 0 Å². The second-order valence-corrected chi connectivity index (χ2v) is 7.07. The lowest BCUT2D eigenvalue weighted by Gasteiger charge is -2.05. The first-order chi connectivity index (χ1) is 12.9. The summed E-state index contributed by atoms with van der Waals surface area (Å²) in [6.07, 6.45) is 0. The number of ketones is 1. The first kappa shape index (κ1) is 18.7. The van der Waals surface area contributed by atoms with E-state index in [9.17, 15) is 14.9 Å². The van der Waals surface area contributed by atoms with Crippen LogP contribution in [0.4, 0.5) is 5.69 Å². The summed E-state index contributed by atoms with van der Waals surface area (Å²) < 4.78 is 0. The highest BCUT2D eigenvalue weighted by Crippen LogP contribution is 2.23.